The smallest absolute Gasteiger partial charge is 0.180 e. The number of methoxy groups -OCH3 is 1. The number of hydrogen-bond acceptors (Lipinski definition) is 3. The summed E-state index contributed by atoms with van der Waals surface area (Å²) >= 11 is 0. The van der Waals surface area contributed by atoms with Gasteiger partial charge in [-0.2, -0.15) is 0 Å². The molecule has 1 atom stereocenters. The highest BCUT2D eigenvalue weighted by Gasteiger charge is 2.04. The summed E-state index contributed by atoms with van der Waals surface area (Å²) in [5.41, 5.74) is 0.736. The summed E-state index contributed by atoms with van der Waals surface area (Å²) in [7, 11) is 1.47. The highest BCUT2D eigenvalue weighted by atomic mass is 16.6. The van der Waals surface area contributed by atoms with Gasteiger partial charge in [0.15, 0.2) is 6.29 Å². The average molecular weight is 210 g/mol. The molecule has 3 heteroatoms. The van der Waals surface area contributed by atoms with E-state index in [1.54, 1.807) is 12.1 Å². The van der Waals surface area contributed by atoms with E-state index in [1.807, 2.05) is 12.1 Å². The Morgan fingerprint density at radius 2 is 1.93 bits per heavy atom. The third-order valence-corrected chi connectivity index (χ3v) is 2.16. The second-order valence-electron chi connectivity index (χ2n) is 3.36. The van der Waals surface area contributed by atoms with Gasteiger partial charge in [0.25, 0.3) is 0 Å². The van der Waals surface area contributed by atoms with Crippen molar-refractivity contribution in [3.63, 3.8) is 0 Å². The first-order valence-electron chi connectivity index (χ1n) is 5.21. The zero-order valence-corrected chi connectivity index (χ0v) is 9.27. The van der Waals surface area contributed by atoms with Crippen LogP contribution in [0.25, 0.3) is 0 Å². The van der Waals surface area contributed by atoms with Gasteiger partial charge in [-0.15, -0.1) is 0 Å². The fourth-order valence-corrected chi connectivity index (χ4v) is 1.20. The summed E-state index contributed by atoms with van der Waals surface area (Å²) in [6.07, 6.45) is 1.33. The molecule has 15 heavy (non-hydrogen) atoms. The summed E-state index contributed by atoms with van der Waals surface area (Å²) in [6.45, 7) is 2.87. The van der Waals surface area contributed by atoms with Gasteiger partial charge in [0.1, 0.15) is 5.75 Å². The van der Waals surface area contributed by atoms with Crippen molar-refractivity contribution in [2.24, 2.45) is 0 Å². The second kappa shape index (κ2) is 6.43. The first-order chi connectivity index (χ1) is 7.27. The van der Waals surface area contributed by atoms with Crippen LogP contribution in [-0.2, 0) is 4.74 Å². The highest BCUT2D eigenvalue weighted by Crippen LogP contribution is 2.18. The van der Waals surface area contributed by atoms with Gasteiger partial charge < -0.3 is 14.6 Å². The highest BCUT2D eigenvalue weighted by molar-refractivity contribution is 5.27. The average Bonchev–Trinajstić information content (AvgIpc) is 2.29. The SMILES string of the molecule is CCCCOc1ccc(C(O)OC)cc1. The molecule has 0 aliphatic heterocycles. The minimum absolute atomic E-state index is 0.736. The summed E-state index contributed by atoms with van der Waals surface area (Å²) in [4.78, 5) is 0. The van der Waals surface area contributed by atoms with E-state index in [0.717, 1.165) is 30.8 Å². The Balaban J connectivity index is 2.49. The molecule has 0 saturated heterocycles. The molecular weight excluding hydrogens is 192 g/mol. The van der Waals surface area contributed by atoms with Crippen molar-refractivity contribution in [2.45, 2.75) is 26.1 Å². The molecule has 0 saturated carbocycles. The van der Waals surface area contributed by atoms with Crippen molar-refractivity contribution in [3.05, 3.63) is 29.8 Å². The maximum absolute atomic E-state index is 9.37. The van der Waals surface area contributed by atoms with Crippen molar-refractivity contribution in [2.75, 3.05) is 13.7 Å². The maximum atomic E-state index is 9.37. The lowest BCUT2D eigenvalue weighted by molar-refractivity contribution is -0.0769. The standard InChI is InChI=1S/C12H18O3/c1-3-4-9-15-11-7-5-10(6-8-11)12(13)14-2/h5-8,12-13H,3-4,9H2,1-2H3. The van der Waals surface area contributed by atoms with Gasteiger partial charge in [-0.3, -0.25) is 0 Å². The van der Waals surface area contributed by atoms with E-state index < -0.39 is 6.29 Å². The number of aliphatic hydroxyl groups excluding tert-OH is 1. The molecule has 0 bridgehead atoms. The van der Waals surface area contributed by atoms with E-state index in [-0.39, 0.29) is 0 Å². The molecule has 0 aliphatic carbocycles. The van der Waals surface area contributed by atoms with Gasteiger partial charge in [0.05, 0.1) is 6.61 Å². The van der Waals surface area contributed by atoms with E-state index in [0.29, 0.717) is 0 Å². The molecular formula is C12H18O3. The van der Waals surface area contributed by atoms with Crippen molar-refractivity contribution >= 4 is 0 Å². The minimum atomic E-state index is -0.852. The van der Waals surface area contributed by atoms with E-state index >= 15 is 0 Å². The monoisotopic (exact) mass is 210 g/mol. The summed E-state index contributed by atoms with van der Waals surface area (Å²) in [6, 6.07) is 7.28. The molecule has 0 fully saturated rings. The third-order valence-electron chi connectivity index (χ3n) is 2.16. The Morgan fingerprint density at radius 1 is 1.27 bits per heavy atom. The van der Waals surface area contributed by atoms with Crippen LogP contribution in [0.4, 0.5) is 0 Å². The molecule has 0 radical (unpaired) electrons. The number of hydrogen-bond donors (Lipinski definition) is 1. The topological polar surface area (TPSA) is 38.7 Å². The number of unbranched alkanes of at least 4 members (excludes halogenated alkanes) is 1. The van der Waals surface area contributed by atoms with Crippen LogP contribution in [0.3, 0.4) is 0 Å². The minimum Gasteiger partial charge on any atom is -0.494 e. The van der Waals surface area contributed by atoms with E-state index in [4.69, 9.17) is 9.47 Å². The van der Waals surface area contributed by atoms with Gasteiger partial charge in [0.2, 0.25) is 0 Å². The molecule has 0 aromatic heterocycles. The van der Waals surface area contributed by atoms with E-state index in [9.17, 15) is 5.11 Å². The molecule has 1 aromatic carbocycles. The van der Waals surface area contributed by atoms with Gasteiger partial charge in [-0.1, -0.05) is 25.5 Å². The molecule has 1 unspecified atom stereocenters. The molecule has 0 spiro atoms. The Morgan fingerprint density at radius 3 is 2.47 bits per heavy atom. The quantitative estimate of drug-likeness (QED) is 0.579. The normalized spacial score (nSPS) is 12.5. The first-order valence-corrected chi connectivity index (χ1v) is 5.21. The zero-order chi connectivity index (χ0) is 11.1. The van der Waals surface area contributed by atoms with Crippen LogP contribution in [0.1, 0.15) is 31.6 Å². The fourth-order valence-electron chi connectivity index (χ4n) is 1.20. The lowest BCUT2D eigenvalue weighted by atomic mass is 10.2. The Hall–Kier alpha value is -1.06. The van der Waals surface area contributed by atoms with Crippen LogP contribution < -0.4 is 4.74 Å². The lowest BCUT2D eigenvalue weighted by Gasteiger charge is -2.10. The predicted molar refractivity (Wildman–Crippen MR) is 58.8 cm³/mol. The number of rotatable bonds is 6. The summed E-state index contributed by atoms with van der Waals surface area (Å²) in [5, 5.41) is 9.37. The fraction of sp³-hybridized carbons (Fsp3) is 0.500. The molecule has 84 valence electrons. The Labute approximate surface area is 90.6 Å². The van der Waals surface area contributed by atoms with Gasteiger partial charge in [-0.25, -0.2) is 0 Å². The summed E-state index contributed by atoms with van der Waals surface area (Å²) in [5.74, 6) is 0.829. The van der Waals surface area contributed by atoms with Crippen LogP contribution in [-0.4, -0.2) is 18.8 Å². The van der Waals surface area contributed by atoms with Crippen molar-refractivity contribution in [1.82, 2.24) is 0 Å². The largest absolute Gasteiger partial charge is 0.494 e. The third kappa shape index (κ3) is 3.90. The van der Waals surface area contributed by atoms with Gasteiger partial charge in [-0.05, 0) is 18.6 Å². The molecule has 1 N–H and O–H groups in total. The van der Waals surface area contributed by atoms with Crippen LogP contribution in [0, 0.1) is 0 Å². The van der Waals surface area contributed by atoms with Crippen LogP contribution in [0.2, 0.25) is 0 Å². The Bertz CT molecular complexity index is 269. The van der Waals surface area contributed by atoms with Crippen molar-refractivity contribution < 1.29 is 14.6 Å². The number of benzene rings is 1. The van der Waals surface area contributed by atoms with Crippen molar-refractivity contribution in [3.8, 4) is 5.75 Å². The Kier molecular flexibility index (Phi) is 5.15. The predicted octanol–water partition coefficient (Wildman–Crippen LogP) is 2.50. The maximum Gasteiger partial charge on any atom is 0.180 e. The van der Waals surface area contributed by atoms with E-state index in [2.05, 4.69) is 6.92 Å². The molecule has 1 aromatic rings. The zero-order valence-electron chi connectivity index (χ0n) is 9.27. The molecule has 0 amide bonds. The van der Waals surface area contributed by atoms with Gasteiger partial charge in [0, 0.05) is 12.7 Å². The molecule has 1 rings (SSSR count). The second-order valence-corrected chi connectivity index (χ2v) is 3.36. The molecule has 0 heterocycles. The summed E-state index contributed by atoms with van der Waals surface area (Å²) < 4.78 is 10.3. The van der Waals surface area contributed by atoms with Crippen molar-refractivity contribution in [1.29, 1.82) is 0 Å². The lowest BCUT2D eigenvalue weighted by Crippen LogP contribution is -2.00. The van der Waals surface area contributed by atoms with Crippen LogP contribution in [0.15, 0.2) is 24.3 Å². The van der Waals surface area contributed by atoms with Crippen LogP contribution >= 0.6 is 0 Å². The number of ether oxygens (including phenoxy) is 2. The van der Waals surface area contributed by atoms with E-state index in [1.165, 1.54) is 7.11 Å². The molecule has 3 nitrogen and oxygen atoms in total. The molecule has 0 aliphatic rings. The number of aliphatic hydroxyl groups is 1. The van der Waals surface area contributed by atoms with Crippen LogP contribution in [0.5, 0.6) is 5.75 Å². The first kappa shape index (κ1) is 12.0. The van der Waals surface area contributed by atoms with Gasteiger partial charge >= 0.3 is 0 Å².